The van der Waals surface area contributed by atoms with Crippen molar-refractivity contribution in [2.75, 3.05) is 11.9 Å². The summed E-state index contributed by atoms with van der Waals surface area (Å²) in [6, 6.07) is 9.27. The molecule has 3 aromatic rings. The second-order valence-electron chi connectivity index (χ2n) is 6.73. The number of hydrogen-bond donors (Lipinski definition) is 1. The summed E-state index contributed by atoms with van der Waals surface area (Å²) in [5, 5.41) is 3.15. The molecule has 2 aromatic carbocycles. The van der Waals surface area contributed by atoms with Gasteiger partial charge in [-0.3, -0.25) is 14.9 Å². The van der Waals surface area contributed by atoms with Crippen LogP contribution in [0, 0.1) is 11.6 Å². The summed E-state index contributed by atoms with van der Waals surface area (Å²) in [5.74, 6) is -2.39. The van der Waals surface area contributed by atoms with Crippen LogP contribution in [-0.2, 0) is 13.0 Å². The third-order valence-electron chi connectivity index (χ3n) is 4.71. The summed E-state index contributed by atoms with van der Waals surface area (Å²) in [6.07, 6.45) is 1.94. The lowest BCUT2D eigenvalue weighted by atomic mass is 10.1. The van der Waals surface area contributed by atoms with Crippen molar-refractivity contribution < 1.29 is 18.4 Å². The number of hydrogen-bond acceptors (Lipinski definition) is 4. The molecule has 6 nitrogen and oxygen atoms in total. The van der Waals surface area contributed by atoms with Gasteiger partial charge in [0.05, 0.1) is 11.3 Å². The van der Waals surface area contributed by atoms with Gasteiger partial charge in [-0.05, 0) is 36.4 Å². The second-order valence-corrected chi connectivity index (χ2v) is 7.16. The predicted octanol–water partition coefficient (Wildman–Crippen LogP) is 3.86. The molecule has 0 unspecified atom stereocenters. The van der Waals surface area contributed by atoms with Gasteiger partial charge in [0, 0.05) is 47.9 Å². The molecule has 4 rings (SSSR count). The number of rotatable bonds is 3. The predicted molar refractivity (Wildman–Crippen MR) is 106 cm³/mol. The minimum absolute atomic E-state index is 0.151. The Labute approximate surface area is 175 Å². The molecular weight excluding hydrogens is 414 g/mol. The first-order valence-electron chi connectivity index (χ1n) is 9.07. The molecule has 2 heterocycles. The van der Waals surface area contributed by atoms with Crippen molar-refractivity contribution in [2.24, 2.45) is 0 Å². The molecule has 2 amide bonds. The molecule has 9 heteroatoms. The highest BCUT2D eigenvalue weighted by Crippen LogP contribution is 2.21. The molecule has 0 spiro atoms. The third-order valence-corrected chi connectivity index (χ3v) is 4.97. The highest BCUT2D eigenvalue weighted by Gasteiger charge is 2.25. The van der Waals surface area contributed by atoms with Crippen molar-refractivity contribution >= 4 is 29.4 Å². The van der Waals surface area contributed by atoms with Crippen molar-refractivity contribution in [3.63, 3.8) is 0 Å². The van der Waals surface area contributed by atoms with Crippen molar-refractivity contribution in [3.8, 4) is 0 Å². The van der Waals surface area contributed by atoms with Crippen LogP contribution in [0.1, 0.15) is 32.0 Å². The van der Waals surface area contributed by atoms with Gasteiger partial charge in [-0.2, -0.15) is 0 Å². The Balaban J connectivity index is 1.47. The van der Waals surface area contributed by atoms with E-state index in [1.54, 1.807) is 24.3 Å². The molecular formula is C21H15ClF2N4O2. The third kappa shape index (κ3) is 4.13. The first-order valence-corrected chi connectivity index (χ1v) is 9.44. The van der Waals surface area contributed by atoms with Gasteiger partial charge in [0.1, 0.15) is 11.6 Å². The van der Waals surface area contributed by atoms with Crippen molar-refractivity contribution in [1.29, 1.82) is 0 Å². The lowest BCUT2D eigenvalue weighted by Crippen LogP contribution is -2.37. The molecule has 1 N–H and O–H groups in total. The van der Waals surface area contributed by atoms with Gasteiger partial charge in [-0.1, -0.05) is 11.6 Å². The number of aromatic nitrogens is 2. The quantitative estimate of drug-likeness (QED) is 0.687. The van der Waals surface area contributed by atoms with E-state index >= 15 is 0 Å². The molecule has 1 aromatic heterocycles. The van der Waals surface area contributed by atoms with Gasteiger partial charge < -0.3 is 4.90 Å². The minimum Gasteiger partial charge on any atom is -0.334 e. The molecule has 0 aliphatic carbocycles. The van der Waals surface area contributed by atoms with Crippen LogP contribution in [0.15, 0.2) is 48.7 Å². The Morgan fingerprint density at radius 1 is 1.10 bits per heavy atom. The number of anilines is 1. The van der Waals surface area contributed by atoms with Crippen LogP contribution in [0.2, 0.25) is 5.02 Å². The summed E-state index contributed by atoms with van der Waals surface area (Å²) in [6.45, 7) is 0.501. The number of fused-ring (bicyclic) bond motifs is 1. The zero-order chi connectivity index (χ0) is 21.3. The highest BCUT2D eigenvalue weighted by atomic mass is 35.5. The standard InChI is InChI=1S/C21H15ClF2N4O2/c22-14-3-1-12(2-4-14)19(29)27-21-25-10-13-11-28(8-7-18(13)26-21)20(30)16-6-5-15(23)9-17(16)24/h1-6,9-10H,7-8,11H2,(H,25,26,27,29). The minimum atomic E-state index is -0.901. The fourth-order valence-corrected chi connectivity index (χ4v) is 3.28. The molecule has 30 heavy (non-hydrogen) atoms. The first kappa shape index (κ1) is 19.9. The molecule has 1 aliphatic rings. The van der Waals surface area contributed by atoms with Crippen molar-refractivity contribution in [1.82, 2.24) is 14.9 Å². The monoisotopic (exact) mass is 428 g/mol. The summed E-state index contributed by atoms with van der Waals surface area (Å²) < 4.78 is 27.0. The van der Waals surface area contributed by atoms with Crippen LogP contribution in [0.25, 0.3) is 0 Å². The zero-order valence-corrected chi connectivity index (χ0v) is 16.3. The van der Waals surface area contributed by atoms with E-state index in [9.17, 15) is 18.4 Å². The van der Waals surface area contributed by atoms with Crippen LogP contribution < -0.4 is 5.32 Å². The van der Waals surface area contributed by atoms with Crippen LogP contribution >= 0.6 is 11.6 Å². The topological polar surface area (TPSA) is 75.2 Å². The summed E-state index contributed by atoms with van der Waals surface area (Å²) in [5.41, 5.74) is 1.62. The molecule has 0 bridgehead atoms. The normalized spacial score (nSPS) is 13.0. The Kier molecular flexibility index (Phi) is 5.41. The lowest BCUT2D eigenvalue weighted by Gasteiger charge is -2.28. The average Bonchev–Trinajstić information content (AvgIpc) is 2.73. The molecule has 0 saturated carbocycles. The summed E-state index contributed by atoms with van der Waals surface area (Å²) in [7, 11) is 0. The van der Waals surface area contributed by atoms with Gasteiger partial charge in [0.25, 0.3) is 11.8 Å². The van der Waals surface area contributed by atoms with Crippen molar-refractivity contribution in [2.45, 2.75) is 13.0 Å². The number of nitrogens with zero attached hydrogens (tertiary/aromatic N) is 3. The van der Waals surface area contributed by atoms with Crippen LogP contribution in [0.4, 0.5) is 14.7 Å². The average molecular weight is 429 g/mol. The highest BCUT2D eigenvalue weighted by molar-refractivity contribution is 6.30. The van der Waals surface area contributed by atoms with E-state index in [4.69, 9.17) is 11.6 Å². The zero-order valence-electron chi connectivity index (χ0n) is 15.5. The summed E-state index contributed by atoms with van der Waals surface area (Å²) >= 11 is 5.82. The number of amides is 2. The van der Waals surface area contributed by atoms with E-state index in [1.807, 2.05) is 0 Å². The molecule has 0 fully saturated rings. The summed E-state index contributed by atoms with van der Waals surface area (Å²) in [4.78, 5) is 34.8. The number of carbonyl (C=O) groups excluding carboxylic acids is 2. The fraction of sp³-hybridized carbons (Fsp3) is 0.143. The van der Waals surface area contributed by atoms with Gasteiger partial charge in [0.15, 0.2) is 0 Å². The van der Waals surface area contributed by atoms with Gasteiger partial charge in [-0.15, -0.1) is 0 Å². The van der Waals surface area contributed by atoms with Gasteiger partial charge in [-0.25, -0.2) is 18.7 Å². The Morgan fingerprint density at radius 3 is 2.60 bits per heavy atom. The molecule has 0 radical (unpaired) electrons. The van der Waals surface area contributed by atoms with E-state index in [0.717, 1.165) is 12.1 Å². The maximum atomic E-state index is 13.9. The largest absolute Gasteiger partial charge is 0.334 e. The smallest absolute Gasteiger partial charge is 0.258 e. The maximum absolute atomic E-state index is 13.9. The number of benzene rings is 2. The molecule has 1 aliphatic heterocycles. The molecule has 0 atom stereocenters. The molecule has 0 saturated heterocycles. The van der Waals surface area contributed by atoms with E-state index < -0.39 is 17.5 Å². The molecule has 152 valence electrons. The van der Waals surface area contributed by atoms with Gasteiger partial charge in [0.2, 0.25) is 5.95 Å². The van der Waals surface area contributed by atoms with E-state index in [1.165, 1.54) is 11.1 Å². The SMILES string of the molecule is O=C(Nc1ncc2c(n1)CCN(C(=O)c1ccc(F)cc1F)C2)c1ccc(Cl)cc1. The van der Waals surface area contributed by atoms with E-state index in [0.29, 0.717) is 40.9 Å². The Morgan fingerprint density at radius 2 is 1.87 bits per heavy atom. The van der Waals surface area contributed by atoms with E-state index in [2.05, 4.69) is 15.3 Å². The number of nitrogens with one attached hydrogen (secondary N) is 1. The van der Waals surface area contributed by atoms with Crippen LogP contribution in [0.3, 0.4) is 0 Å². The fourth-order valence-electron chi connectivity index (χ4n) is 3.16. The first-order chi connectivity index (χ1) is 14.4. The van der Waals surface area contributed by atoms with Crippen LogP contribution in [0.5, 0.6) is 0 Å². The maximum Gasteiger partial charge on any atom is 0.258 e. The van der Waals surface area contributed by atoms with Crippen LogP contribution in [-0.4, -0.2) is 33.2 Å². The van der Waals surface area contributed by atoms with E-state index in [-0.39, 0.29) is 24.0 Å². The lowest BCUT2D eigenvalue weighted by molar-refractivity contribution is 0.0728. The Hall–Kier alpha value is -3.39. The van der Waals surface area contributed by atoms with Crippen molar-refractivity contribution in [3.05, 3.63) is 87.7 Å². The Bertz CT molecular complexity index is 1140. The van der Waals surface area contributed by atoms with Gasteiger partial charge >= 0.3 is 0 Å². The number of halogens is 3. The number of carbonyl (C=O) groups is 2. The second kappa shape index (κ2) is 8.16.